The number of furan rings is 2. The number of piperazine rings is 1. The van der Waals surface area contributed by atoms with Gasteiger partial charge in [0.2, 0.25) is 18.1 Å². The van der Waals surface area contributed by atoms with Gasteiger partial charge in [0.15, 0.2) is 11.5 Å². The van der Waals surface area contributed by atoms with Crippen molar-refractivity contribution in [3.8, 4) is 28.2 Å². The highest BCUT2D eigenvalue weighted by Crippen LogP contribution is 2.33. The lowest BCUT2D eigenvalue weighted by molar-refractivity contribution is -0.143. The summed E-state index contributed by atoms with van der Waals surface area (Å²) in [5.74, 6) is 3.83. The summed E-state index contributed by atoms with van der Waals surface area (Å²) in [4.78, 5) is 30.7. The van der Waals surface area contributed by atoms with Crippen molar-refractivity contribution in [1.29, 1.82) is 0 Å². The summed E-state index contributed by atoms with van der Waals surface area (Å²) >= 11 is 1.23. The Bertz CT molecular complexity index is 2410. The van der Waals surface area contributed by atoms with Gasteiger partial charge >= 0.3 is 6.18 Å². The lowest BCUT2D eigenvalue weighted by Gasteiger charge is -2.41. The maximum atomic E-state index is 13.9. The molecule has 0 saturated carbocycles. The van der Waals surface area contributed by atoms with Crippen molar-refractivity contribution in [2.75, 3.05) is 58.8 Å². The molecular formula is C47H51F3N6O9S. The van der Waals surface area contributed by atoms with Crippen molar-refractivity contribution >= 4 is 23.6 Å². The quantitative estimate of drug-likeness (QED) is 0.108. The number of aliphatic hydroxyl groups excluding tert-OH is 2. The molecule has 2 amide bonds. The number of halogens is 3. The third-order valence-corrected chi connectivity index (χ3v) is 11.3. The van der Waals surface area contributed by atoms with Gasteiger partial charge in [-0.25, -0.2) is 0 Å². The molecule has 0 bridgehead atoms. The van der Waals surface area contributed by atoms with Crippen LogP contribution in [0.1, 0.15) is 48.5 Å². The van der Waals surface area contributed by atoms with Crippen LogP contribution in [0.3, 0.4) is 0 Å². The number of nitrogens with one attached hydrogen (secondary N) is 2. The molecule has 0 spiro atoms. The molecule has 2 saturated heterocycles. The smallest absolute Gasteiger partial charge is 0.405 e. The lowest BCUT2D eigenvalue weighted by Crippen LogP contribution is -2.60. The molecule has 5 aromatic rings. The molecule has 350 valence electrons. The first-order valence-corrected chi connectivity index (χ1v) is 22.2. The fourth-order valence-electron chi connectivity index (χ4n) is 7.87. The Morgan fingerprint density at radius 2 is 1.80 bits per heavy atom. The summed E-state index contributed by atoms with van der Waals surface area (Å²) in [6.07, 6.45) is -3.47. The maximum Gasteiger partial charge on any atom is 0.405 e. The number of ether oxygens (including phenoxy) is 3. The van der Waals surface area contributed by atoms with Gasteiger partial charge < -0.3 is 43.9 Å². The number of aromatic nitrogens is 2. The van der Waals surface area contributed by atoms with E-state index in [2.05, 4.69) is 26.7 Å². The topological polar surface area (TPSA) is 185 Å². The van der Waals surface area contributed by atoms with Crippen LogP contribution in [-0.4, -0.2) is 125 Å². The molecule has 8 rings (SSSR count). The van der Waals surface area contributed by atoms with Gasteiger partial charge in [0, 0.05) is 44.6 Å². The molecular weight excluding hydrogens is 882 g/mol. The van der Waals surface area contributed by atoms with Gasteiger partial charge in [-0.05, 0) is 72.2 Å². The van der Waals surface area contributed by atoms with E-state index in [-0.39, 0.29) is 57.5 Å². The van der Waals surface area contributed by atoms with Crippen LogP contribution in [0.25, 0.3) is 11.3 Å². The highest BCUT2D eigenvalue weighted by Gasteiger charge is 2.38. The molecule has 3 aromatic heterocycles. The molecule has 3 aliphatic heterocycles. The summed E-state index contributed by atoms with van der Waals surface area (Å²) in [5.41, 5.74) is 2.24. The highest BCUT2D eigenvalue weighted by molar-refractivity contribution is 8.03. The van der Waals surface area contributed by atoms with Gasteiger partial charge in [0.1, 0.15) is 42.6 Å². The average molecular weight is 935 g/mol. The number of fused-ring (bicyclic) bond motifs is 1. The van der Waals surface area contributed by atoms with Crippen molar-refractivity contribution in [2.24, 2.45) is 5.92 Å². The minimum absolute atomic E-state index is 0.00100. The predicted molar refractivity (Wildman–Crippen MR) is 236 cm³/mol. The summed E-state index contributed by atoms with van der Waals surface area (Å²) < 4.78 is 73.8. The number of hydrogen-bond donors (Lipinski definition) is 4. The second-order valence-electron chi connectivity index (χ2n) is 15.8. The molecule has 0 aliphatic carbocycles. The number of para-hydroxylation sites is 1. The minimum Gasteiger partial charge on any atom is -0.490 e. The van der Waals surface area contributed by atoms with E-state index in [4.69, 9.17) is 24.4 Å². The molecule has 0 radical (unpaired) electrons. The summed E-state index contributed by atoms with van der Waals surface area (Å²) in [7, 11) is 0. The Labute approximate surface area is 385 Å². The first kappa shape index (κ1) is 46.8. The van der Waals surface area contributed by atoms with Gasteiger partial charge in [-0.2, -0.15) is 23.4 Å². The molecule has 3 aliphatic rings. The average Bonchev–Trinajstić information content (AvgIpc) is 4.14. The molecule has 2 fully saturated rings. The van der Waals surface area contributed by atoms with E-state index in [1.165, 1.54) is 11.8 Å². The Hall–Kier alpha value is -5.72. The second-order valence-corrected chi connectivity index (χ2v) is 16.3. The monoisotopic (exact) mass is 934 g/mol. The minimum atomic E-state index is -4.60. The van der Waals surface area contributed by atoms with Gasteiger partial charge in [-0.3, -0.25) is 19.4 Å². The van der Waals surface area contributed by atoms with Gasteiger partial charge in [-0.15, -0.1) is 0 Å². The number of nitrogens with zero attached hydrogens (tertiary/aromatic N) is 4. The van der Waals surface area contributed by atoms with E-state index in [1.807, 2.05) is 40.5 Å². The van der Waals surface area contributed by atoms with Gasteiger partial charge in [-0.1, -0.05) is 60.3 Å². The van der Waals surface area contributed by atoms with Crippen molar-refractivity contribution in [2.45, 2.75) is 56.1 Å². The Balaban J connectivity index is 0.000000375. The van der Waals surface area contributed by atoms with E-state index >= 15 is 0 Å². The normalized spacial score (nSPS) is 20.0. The van der Waals surface area contributed by atoms with E-state index in [1.54, 1.807) is 71.9 Å². The SMILES string of the molecule is O=C(N[C@H]1c2ccccc2OC[C@H]1O)[C@H](Cc1ccccc1)C[C@H](O)CN1CCN(Cc2ccc(-c3ccnnc3)o2)C[C@H]1C(=O)NCC(F)(F)F.[3H]CSC#Cc1ccc(C2OCCO2)o1. The van der Waals surface area contributed by atoms with Gasteiger partial charge in [0.25, 0.3) is 0 Å². The van der Waals surface area contributed by atoms with E-state index in [9.17, 15) is 33.0 Å². The molecule has 66 heavy (non-hydrogen) atoms. The number of carbonyl (C=O) groups excluding carboxylic acids is 2. The van der Waals surface area contributed by atoms with Crippen LogP contribution in [0.4, 0.5) is 13.2 Å². The first-order valence-electron chi connectivity index (χ1n) is 22.0. The molecule has 0 unspecified atom stereocenters. The number of β-amino-alcohol motifs (C(OH)–C–C–N with tert-alkyl or cyclic N) is 1. The fraction of sp³-hybridized carbons (Fsp3) is 0.404. The number of amides is 2. The number of rotatable bonds is 14. The lowest BCUT2D eigenvalue weighted by atomic mass is 9.90. The number of thioether (sulfide) groups is 1. The number of carbonyl (C=O) groups is 2. The summed E-state index contributed by atoms with van der Waals surface area (Å²) in [6, 6.07) is 23.6. The number of aliphatic hydroxyl groups is 2. The standard InChI is InChI=1S/C37H41F3N6O6.C10H10O3S/c38-37(39,40)23-41-36(50)30-21-45(20-28-10-11-32(52-28)25-12-13-42-43-18-25)14-15-46(30)19-27(47)17-26(16-24-6-2-1-3-7-24)35(49)44-34-29-8-4-5-9-33(29)51-22-31(34)48;1-14-7-4-8-2-3-9(13-8)10-11-5-6-12-10/h1-13,18,26-27,30-31,34,47-48H,14-17,19-23H2,(H,41,50)(H,44,49);2-3,10H,5-6H2,1H3/t26-,27+,30+,31-,34+;/m1./s1/i;1T. The van der Waals surface area contributed by atoms with Crippen LogP contribution in [0.5, 0.6) is 5.75 Å². The van der Waals surface area contributed by atoms with Crippen LogP contribution in [0.15, 0.2) is 106 Å². The molecule has 6 heterocycles. The fourth-order valence-corrected chi connectivity index (χ4v) is 8.04. The summed E-state index contributed by atoms with van der Waals surface area (Å²) in [5, 5.41) is 37.6. The van der Waals surface area contributed by atoms with Crippen molar-refractivity contribution in [3.63, 3.8) is 0 Å². The zero-order valence-corrected chi connectivity index (χ0v) is 36.6. The highest BCUT2D eigenvalue weighted by atomic mass is 32.2. The Morgan fingerprint density at radius 1 is 1.00 bits per heavy atom. The second kappa shape index (κ2) is 23.1. The van der Waals surface area contributed by atoms with E-state index < -0.39 is 48.8 Å². The predicted octanol–water partition coefficient (Wildman–Crippen LogP) is 5.12. The van der Waals surface area contributed by atoms with Crippen LogP contribution in [0, 0.1) is 17.1 Å². The van der Waals surface area contributed by atoms with E-state index in [0.717, 1.165) is 11.1 Å². The molecule has 4 N–H and O–H groups in total. The number of benzene rings is 2. The molecule has 5 atom stereocenters. The zero-order chi connectivity index (χ0) is 47.2. The third-order valence-electron chi connectivity index (χ3n) is 11.0. The summed E-state index contributed by atoms with van der Waals surface area (Å²) in [6.45, 7) is 0.751. The van der Waals surface area contributed by atoms with Crippen molar-refractivity contribution in [3.05, 3.63) is 126 Å². The molecule has 19 heteroatoms. The Kier molecular flexibility index (Phi) is 16.4. The Morgan fingerprint density at radius 3 is 2.58 bits per heavy atom. The zero-order valence-electron chi connectivity index (χ0n) is 36.8. The maximum absolute atomic E-state index is 13.9. The van der Waals surface area contributed by atoms with Gasteiger partial charge in [0.05, 0.1) is 44.3 Å². The first-order chi connectivity index (χ1) is 32.4. The largest absolute Gasteiger partial charge is 0.490 e. The van der Waals surface area contributed by atoms with Crippen molar-refractivity contribution < 1.29 is 57.4 Å². The number of alkyl halides is 3. The van der Waals surface area contributed by atoms with Crippen molar-refractivity contribution in [1.82, 2.24) is 30.6 Å². The number of hydrogen-bond acceptors (Lipinski definition) is 14. The van der Waals surface area contributed by atoms with Crippen LogP contribution >= 0.6 is 11.8 Å². The molecule has 15 nitrogen and oxygen atoms in total. The third kappa shape index (κ3) is 13.7. The molecule has 2 aromatic carbocycles. The van der Waals surface area contributed by atoms with Crippen LogP contribution < -0.4 is 15.4 Å². The van der Waals surface area contributed by atoms with Crippen LogP contribution in [-0.2, 0) is 32.0 Å². The van der Waals surface area contributed by atoms with Crippen LogP contribution in [0.2, 0.25) is 0 Å². The van der Waals surface area contributed by atoms with E-state index in [0.29, 0.717) is 60.7 Å².